The summed E-state index contributed by atoms with van der Waals surface area (Å²) in [6.07, 6.45) is 3.61. The third kappa shape index (κ3) is 2.64. The molecule has 1 aliphatic rings. The van der Waals surface area contributed by atoms with Gasteiger partial charge < -0.3 is 0 Å². The van der Waals surface area contributed by atoms with Crippen molar-refractivity contribution in [2.45, 2.75) is 26.2 Å². The van der Waals surface area contributed by atoms with Gasteiger partial charge in [-0.3, -0.25) is 4.84 Å². The van der Waals surface area contributed by atoms with Crippen molar-refractivity contribution in [1.29, 1.82) is 0 Å². The molecule has 0 bridgehead atoms. The molecule has 0 atom stereocenters. The Bertz CT molecular complexity index is 81.7. The van der Waals surface area contributed by atoms with Crippen LogP contribution < -0.4 is 5.43 Å². The van der Waals surface area contributed by atoms with Crippen molar-refractivity contribution in [1.82, 2.24) is 10.6 Å². The van der Waals surface area contributed by atoms with E-state index < -0.39 is 0 Å². The Kier molecular flexibility index (Phi) is 3.72. The number of nitrogens with one attached hydrogen (secondary N) is 1. The molecule has 0 amide bonds. The fraction of sp³-hybridized carbons (Fsp3) is 1.00. The first-order chi connectivity index (χ1) is 4.93. The number of hydrogen-bond donors (Lipinski definition) is 1. The van der Waals surface area contributed by atoms with Crippen LogP contribution in [0.25, 0.3) is 0 Å². The lowest BCUT2D eigenvalue weighted by Crippen LogP contribution is -2.34. The third-order valence-electron chi connectivity index (χ3n) is 1.57. The molecule has 0 unspecified atom stereocenters. The van der Waals surface area contributed by atoms with Gasteiger partial charge in [0.25, 0.3) is 0 Å². The van der Waals surface area contributed by atoms with Gasteiger partial charge in [-0.15, -0.1) is 5.17 Å². The highest BCUT2D eigenvalue weighted by molar-refractivity contribution is 4.48. The Morgan fingerprint density at radius 2 is 2.50 bits per heavy atom. The quantitative estimate of drug-likeness (QED) is 0.594. The number of rotatable bonds is 4. The maximum atomic E-state index is 5.22. The second-order valence-corrected chi connectivity index (χ2v) is 2.55. The molecule has 0 aromatic carbocycles. The second kappa shape index (κ2) is 4.66. The summed E-state index contributed by atoms with van der Waals surface area (Å²) in [5.74, 6) is 0. The molecule has 10 heavy (non-hydrogen) atoms. The number of hydrogen-bond acceptors (Lipinski definition) is 3. The van der Waals surface area contributed by atoms with Crippen molar-refractivity contribution < 1.29 is 4.84 Å². The number of unbranched alkanes of at least 4 members (excludes halogenated alkanes) is 1. The van der Waals surface area contributed by atoms with Crippen LogP contribution in [0.15, 0.2) is 0 Å². The number of hydrazine groups is 1. The van der Waals surface area contributed by atoms with Crippen molar-refractivity contribution in [3.63, 3.8) is 0 Å². The van der Waals surface area contributed by atoms with Gasteiger partial charge in [0.2, 0.25) is 0 Å². The minimum atomic E-state index is 0.874. The van der Waals surface area contributed by atoms with Gasteiger partial charge in [0.1, 0.15) is 0 Å². The molecule has 0 saturated carbocycles. The summed E-state index contributed by atoms with van der Waals surface area (Å²) >= 11 is 0. The largest absolute Gasteiger partial charge is 0.284 e. The van der Waals surface area contributed by atoms with Crippen LogP contribution in [0.5, 0.6) is 0 Å². The molecule has 0 aliphatic carbocycles. The molecule has 1 N–H and O–H groups in total. The van der Waals surface area contributed by atoms with Crippen LogP contribution in [-0.4, -0.2) is 24.9 Å². The minimum Gasteiger partial charge on any atom is -0.284 e. The van der Waals surface area contributed by atoms with Crippen molar-refractivity contribution >= 4 is 0 Å². The Morgan fingerprint density at radius 3 is 3.10 bits per heavy atom. The maximum absolute atomic E-state index is 5.22. The van der Waals surface area contributed by atoms with Crippen molar-refractivity contribution in [3.05, 3.63) is 0 Å². The van der Waals surface area contributed by atoms with Crippen LogP contribution in [-0.2, 0) is 4.84 Å². The topological polar surface area (TPSA) is 24.5 Å². The van der Waals surface area contributed by atoms with E-state index >= 15 is 0 Å². The normalized spacial score (nSPS) is 20.1. The summed E-state index contributed by atoms with van der Waals surface area (Å²) < 4.78 is 0. The minimum absolute atomic E-state index is 0.874. The predicted octanol–water partition coefficient (Wildman–Crippen LogP) is 0.928. The molecule has 0 aromatic heterocycles. The molecule has 1 fully saturated rings. The van der Waals surface area contributed by atoms with E-state index in [-0.39, 0.29) is 0 Å². The first-order valence-corrected chi connectivity index (χ1v) is 4.07. The highest BCUT2D eigenvalue weighted by atomic mass is 16.7. The molecule has 60 valence electrons. The van der Waals surface area contributed by atoms with E-state index in [1.54, 1.807) is 0 Å². The molecule has 0 aromatic rings. The highest BCUT2D eigenvalue weighted by Crippen LogP contribution is 1.99. The third-order valence-corrected chi connectivity index (χ3v) is 1.57. The van der Waals surface area contributed by atoms with Crippen LogP contribution in [0.2, 0.25) is 0 Å². The lowest BCUT2D eigenvalue weighted by Gasteiger charge is -2.13. The van der Waals surface area contributed by atoms with E-state index in [9.17, 15) is 0 Å². The molecule has 1 saturated heterocycles. The van der Waals surface area contributed by atoms with Crippen LogP contribution in [0.4, 0.5) is 0 Å². The van der Waals surface area contributed by atoms with Crippen molar-refractivity contribution in [2.24, 2.45) is 0 Å². The SMILES string of the molecule is CCCCNN1CCCO1. The molecular weight excluding hydrogens is 128 g/mol. The van der Waals surface area contributed by atoms with Gasteiger partial charge in [-0.2, -0.15) is 0 Å². The first-order valence-electron chi connectivity index (χ1n) is 4.07. The highest BCUT2D eigenvalue weighted by Gasteiger charge is 2.09. The summed E-state index contributed by atoms with van der Waals surface area (Å²) in [5.41, 5.74) is 3.19. The number of hydroxylamine groups is 1. The molecule has 1 aliphatic heterocycles. The lowest BCUT2D eigenvalue weighted by atomic mass is 10.3. The van der Waals surface area contributed by atoms with Crippen molar-refractivity contribution in [2.75, 3.05) is 19.7 Å². The van der Waals surface area contributed by atoms with Gasteiger partial charge >= 0.3 is 0 Å². The summed E-state index contributed by atoms with van der Waals surface area (Å²) in [6, 6.07) is 0. The second-order valence-electron chi connectivity index (χ2n) is 2.55. The molecule has 3 nitrogen and oxygen atoms in total. The van der Waals surface area contributed by atoms with Gasteiger partial charge in [0, 0.05) is 13.1 Å². The molecule has 1 heterocycles. The van der Waals surface area contributed by atoms with E-state index in [0.29, 0.717) is 0 Å². The zero-order chi connectivity index (χ0) is 7.23. The summed E-state index contributed by atoms with van der Waals surface area (Å²) in [7, 11) is 0. The van der Waals surface area contributed by atoms with Crippen LogP contribution in [0.1, 0.15) is 26.2 Å². The fourth-order valence-corrected chi connectivity index (χ4v) is 0.953. The van der Waals surface area contributed by atoms with E-state index in [0.717, 1.165) is 26.1 Å². The standard InChI is InChI=1S/C7H16N2O/c1-2-3-5-8-9-6-4-7-10-9/h8H,2-7H2,1H3. The van der Waals surface area contributed by atoms with Crippen LogP contribution >= 0.6 is 0 Å². The van der Waals surface area contributed by atoms with Crippen molar-refractivity contribution in [3.8, 4) is 0 Å². The zero-order valence-corrected chi connectivity index (χ0v) is 6.60. The Labute approximate surface area is 62.3 Å². The molecule has 0 radical (unpaired) electrons. The molecule has 0 spiro atoms. The van der Waals surface area contributed by atoms with E-state index in [2.05, 4.69) is 12.3 Å². The molecule has 3 heteroatoms. The van der Waals surface area contributed by atoms with E-state index in [1.807, 2.05) is 5.17 Å². The molecular formula is C7H16N2O. The van der Waals surface area contributed by atoms with Gasteiger partial charge in [-0.05, 0) is 12.8 Å². The Morgan fingerprint density at radius 1 is 1.60 bits per heavy atom. The summed E-state index contributed by atoms with van der Waals surface area (Å²) in [6.45, 7) is 5.13. The summed E-state index contributed by atoms with van der Waals surface area (Å²) in [5, 5.41) is 1.84. The monoisotopic (exact) mass is 144 g/mol. The zero-order valence-electron chi connectivity index (χ0n) is 6.60. The van der Waals surface area contributed by atoms with E-state index in [4.69, 9.17) is 4.84 Å². The Hall–Kier alpha value is -0.120. The number of nitrogens with zero attached hydrogens (tertiary/aromatic N) is 1. The lowest BCUT2D eigenvalue weighted by molar-refractivity contribution is -0.150. The maximum Gasteiger partial charge on any atom is 0.0715 e. The van der Waals surface area contributed by atoms with Crippen LogP contribution in [0, 0.1) is 0 Å². The molecule has 1 rings (SSSR count). The van der Waals surface area contributed by atoms with Gasteiger partial charge in [-0.1, -0.05) is 13.3 Å². The fourth-order valence-electron chi connectivity index (χ4n) is 0.953. The average molecular weight is 144 g/mol. The predicted molar refractivity (Wildman–Crippen MR) is 40.2 cm³/mol. The van der Waals surface area contributed by atoms with Gasteiger partial charge in [-0.25, -0.2) is 5.43 Å². The Balaban J connectivity index is 1.91. The average Bonchev–Trinajstić information content (AvgIpc) is 2.41. The van der Waals surface area contributed by atoms with Gasteiger partial charge in [0.15, 0.2) is 0 Å². The van der Waals surface area contributed by atoms with Crippen LogP contribution in [0.3, 0.4) is 0 Å². The first kappa shape index (κ1) is 7.98. The van der Waals surface area contributed by atoms with E-state index in [1.165, 1.54) is 12.8 Å². The smallest absolute Gasteiger partial charge is 0.0715 e. The summed E-state index contributed by atoms with van der Waals surface area (Å²) in [4.78, 5) is 5.22. The van der Waals surface area contributed by atoms with Gasteiger partial charge in [0.05, 0.1) is 6.61 Å².